The molecule has 7 heteroatoms. The second kappa shape index (κ2) is 5.15. The van der Waals surface area contributed by atoms with Crippen LogP contribution in [0.15, 0.2) is 23.3 Å². The number of aliphatic hydroxyl groups excluding tert-OH is 1. The number of aliphatic imine (C=N–C) groups is 1. The molecule has 0 bridgehead atoms. The monoisotopic (exact) mass is 253 g/mol. The van der Waals surface area contributed by atoms with Crippen molar-refractivity contribution in [3.8, 4) is 5.75 Å². The first-order valence-electron chi connectivity index (χ1n) is 4.96. The topological polar surface area (TPSA) is 94.8 Å². The Hall–Kier alpha value is -1.60. The van der Waals surface area contributed by atoms with Gasteiger partial charge in [-0.15, -0.1) is 11.8 Å². The molecule has 0 saturated carbocycles. The van der Waals surface area contributed by atoms with Crippen LogP contribution in [0.5, 0.6) is 5.75 Å². The normalized spacial score (nSPS) is 18.9. The van der Waals surface area contributed by atoms with E-state index < -0.39 is 12.8 Å². The maximum absolute atomic E-state index is 11.4. The van der Waals surface area contributed by atoms with Crippen molar-refractivity contribution in [3.05, 3.63) is 24.0 Å². The zero-order valence-electron chi connectivity index (χ0n) is 8.83. The van der Waals surface area contributed by atoms with Crippen molar-refractivity contribution >= 4 is 22.7 Å². The lowest BCUT2D eigenvalue weighted by Gasteiger charge is -2.04. The van der Waals surface area contributed by atoms with Gasteiger partial charge in [0, 0.05) is 11.9 Å². The zero-order valence-corrected chi connectivity index (χ0v) is 9.65. The molecular weight excluding hydrogens is 242 g/mol. The van der Waals surface area contributed by atoms with Crippen molar-refractivity contribution in [2.45, 2.75) is 6.04 Å². The van der Waals surface area contributed by atoms with E-state index in [0.29, 0.717) is 16.5 Å². The summed E-state index contributed by atoms with van der Waals surface area (Å²) in [5.41, 5.74) is 0.386. The minimum atomic E-state index is -0.538. The van der Waals surface area contributed by atoms with Crippen LogP contribution < -0.4 is 5.32 Å². The van der Waals surface area contributed by atoms with Crippen LogP contribution in [-0.2, 0) is 4.79 Å². The minimum Gasteiger partial charge on any atom is -0.506 e. The molecule has 0 aromatic carbocycles. The van der Waals surface area contributed by atoms with Crippen LogP contribution in [0.2, 0.25) is 0 Å². The minimum absolute atomic E-state index is 0.0435. The zero-order chi connectivity index (χ0) is 12.3. The van der Waals surface area contributed by atoms with Crippen LogP contribution in [-0.4, -0.2) is 44.7 Å². The summed E-state index contributed by atoms with van der Waals surface area (Å²) < 4.78 is 0. The maximum Gasteiger partial charge on any atom is 0.247 e. The van der Waals surface area contributed by atoms with E-state index in [0.717, 1.165) is 0 Å². The van der Waals surface area contributed by atoms with Crippen molar-refractivity contribution in [3.63, 3.8) is 0 Å². The molecule has 2 heterocycles. The van der Waals surface area contributed by atoms with E-state index in [2.05, 4.69) is 15.3 Å². The molecular formula is C10H11N3O3S. The average Bonchev–Trinajstić information content (AvgIpc) is 2.79. The molecule has 0 spiro atoms. The Labute approximate surface area is 102 Å². The SMILES string of the molecule is O=C(NCO)[C@@H]1CSC(c2ncccc2O)=N1. The lowest BCUT2D eigenvalue weighted by Crippen LogP contribution is -2.34. The molecule has 1 aliphatic heterocycles. The maximum atomic E-state index is 11.4. The van der Waals surface area contributed by atoms with E-state index in [-0.39, 0.29) is 11.7 Å². The number of thioether (sulfide) groups is 1. The van der Waals surface area contributed by atoms with Crippen molar-refractivity contribution in [2.24, 2.45) is 4.99 Å². The van der Waals surface area contributed by atoms with Gasteiger partial charge in [-0.2, -0.15) is 0 Å². The van der Waals surface area contributed by atoms with Crippen LogP contribution in [0, 0.1) is 0 Å². The van der Waals surface area contributed by atoms with Crippen molar-refractivity contribution in [2.75, 3.05) is 12.5 Å². The van der Waals surface area contributed by atoms with Crippen LogP contribution in [0.1, 0.15) is 5.69 Å². The van der Waals surface area contributed by atoms with Gasteiger partial charge in [-0.05, 0) is 12.1 Å². The number of aromatic nitrogens is 1. The molecule has 1 aliphatic rings. The van der Waals surface area contributed by atoms with Crippen molar-refractivity contribution < 1.29 is 15.0 Å². The predicted molar refractivity (Wildman–Crippen MR) is 63.9 cm³/mol. The lowest BCUT2D eigenvalue weighted by atomic mass is 10.3. The fourth-order valence-corrected chi connectivity index (χ4v) is 2.43. The van der Waals surface area contributed by atoms with E-state index >= 15 is 0 Å². The summed E-state index contributed by atoms with van der Waals surface area (Å²) >= 11 is 1.36. The predicted octanol–water partition coefficient (Wildman–Crippen LogP) is -0.285. The van der Waals surface area contributed by atoms with Gasteiger partial charge in [0.05, 0.1) is 0 Å². The average molecular weight is 253 g/mol. The third-order valence-electron chi connectivity index (χ3n) is 2.20. The fourth-order valence-electron chi connectivity index (χ4n) is 1.40. The molecule has 1 aromatic heterocycles. The molecule has 0 radical (unpaired) electrons. The molecule has 1 aromatic rings. The number of carbonyl (C=O) groups excluding carboxylic acids is 1. The van der Waals surface area contributed by atoms with Gasteiger partial charge >= 0.3 is 0 Å². The number of amides is 1. The highest BCUT2D eigenvalue weighted by Gasteiger charge is 2.27. The largest absolute Gasteiger partial charge is 0.506 e. The quantitative estimate of drug-likeness (QED) is 0.644. The van der Waals surface area contributed by atoms with Gasteiger partial charge in [0.25, 0.3) is 0 Å². The Kier molecular flexibility index (Phi) is 3.60. The summed E-state index contributed by atoms with van der Waals surface area (Å²) in [4.78, 5) is 19.6. The first kappa shape index (κ1) is 11.9. The summed E-state index contributed by atoms with van der Waals surface area (Å²) in [7, 11) is 0. The molecule has 3 N–H and O–H groups in total. The Morgan fingerprint density at radius 2 is 2.47 bits per heavy atom. The molecule has 0 aliphatic carbocycles. The Morgan fingerprint density at radius 3 is 3.18 bits per heavy atom. The van der Waals surface area contributed by atoms with Crippen LogP contribution in [0.25, 0.3) is 0 Å². The molecule has 2 rings (SSSR count). The van der Waals surface area contributed by atoms with E-state index in [4.69, 9.17) is 5.11 Å². The third kappa shape index (κ3) is 2.56. The van der Waals surface area contributed by atoms with E-state index in [1.807, 2.05) is 0 Å². The van der Waals surface area contributed by atoms with Gasteiger partial charge in [0.1, 0.15) is 29.3 Å². The van der Waals surface area contributed by atoms with Crippen LogP contribution in [0.4, 0.5) is 0 Å². The summed E-state index contributed by atoms with van der Waals surface area (Å²) in [6.45, 7) is -0.403. The molecule has 6 nitrogen and oxygen atoms in total. The number of nitrogens with zero attached hydrogens (tertiary/aromatic N) is 2. The number of hydrogen-bond donors (Lipinski definition) is 3. The molecule has 0 saturated heterocycles. The summed E-state index contributed by atoms with van der Waals surface area (Å²) in [5.74, 6) is 0.198. The van der Waals surface area contributed by atoms with Crippen LogP contribution >= 0.6 is 11.8 Å². The first-order valence-corrected chi connectivity index (χ1v) is 5.94. The summed E-state index contributed by atoms with van der Waals surface area (Å²) in [5, 5.41) is 21.0. The van der Waals surface area contributed by atoms with Gasteiger partial charge in [-0.1, -0.05) is 0 Å². The lowest BCUT2D eigenvalue weighted by molar-refractivity contribution is -0.122. The Bertz CT molecular complexity index is 464. The van der Waals surface area contributed by atoms with E-state index in [9.17, 15) is 9.90 Å². The highest BCUT2D eigenvalue weighted by Crippen LogP contribution is 2.26. The van der Waals surface area contributed by atoms with Gasteiger partial charge in [-0.25, -0.2) is 0 Å². The van der Waals surface area contributed by atoms with Crippen molar-refractivity contribution in [1.29, 1.82) is 0 Å². The van der Waals surface area contributed by atoms with Gasteiger partial charge < -0.3 is 15.5 Å². The Balaban J connectivity index is 2.17. The standard InChI is InChI=1S/C10H11N3O3S/c14-5-12-9(16)6-4-17-10(13-6)8-7(15)2-1-3-11-8/h1-3,6,14-15H,4-5H2,(H,12,16)/t6-/m0/s1. The van der Waals surface area contributed by atoms with Gasteiger partial charge in [-0.3, -0.25) is 14.8 Å². The molecule has 0 unspecified atom stereocenters. The number of aromatic hydroxyl groups is 1. The number of carbonyl (C=O) groups is 1. The number of nitrogens with one attached hydrogen (secondary N) is 1. The van der Waals surface area contributed by atoms with E-state index in [1.54, 1.807) is 12.3 Å². The fraction of sp³-hybridized carbons (Fsp3) is 0.300. The summed E-state index contributed by atoms with van der Waals surface area (Å²) in [6, 6.07) is 2.60. The smallest absolute Gasteiger partial charge is 0.247 e. The number of pyridine rings is 1. The number of rotatable bonds is 3. The molecule has 17 heavy (non-hydrogen) atoms. The number of hydrogen-bond acceptors (Lipinski definition) is 6. The number of aliphatic hydroxyl groups is 1. The molecule has 90 valence electrons. The van der Waals surface area contributed by atoms with E-state index in [1.165, 1.54) is 17.8 Å². The van der Waals surface area contributed by atoms with Crippen LogP contribution in [0.3, 0.4) is 0 Å². The molecule has 1 amide bonds. The third-order valence-corrected chi connectivity index (χ3v) is 3.25. The van der Waals surface area contributed by atoms with Gasteiger partial charge in [0.15, 0.2) is 0 Å². The highest BCUT2D eigenvalue weighted by atomic mass is 32.2. The molecule has 1 atom stereocenters. The highest BCUT2D eigenvalue weighted by molar-refractivity contribution is 8.14. The molecule has 0 fully saturated rings. The van der Waals surface area contributed by atoms with Crippen molar-refractivity contribution in [1.82, 2.24) is 10.3 Å². The Morgan fingerprint density at radius 1 is 1.65 bits per heavy atom. The first-order chi connectivity index (χ1) is 8.22. The summed E-state index contributed by atoms with van der Waals surface area (Å²) in [6.07, 6.45) is 1.55. The van der Waals surface area contributed by atoms with Gasteiger partial charge in [0.2, 0.25) is 5.91 Å². The second-order valence-electron chi connectivity index (χ2n) is 3.33. The second-order valence-corrected chi connectivity index (χ2v) is 4.34.